The molecule has 0 amide bonds. The van der Waals surface area contributed by atoms with Gasteiger partial charge >= 0.3 is 0 Å². The van der Waals surface area contributed by atoms with Gasteiger partial charge in [-0.25, -0.2) is 0 Å². The van der Waals surface area contributed by atoms with Gasteiger partial charge in [-0.05, 0) is 51.7 Å². The summed E-state index contributed by atoms with van der Waals surface area (Å²) in [6.45, 7) is 3.80. The largest absolute Gasteiger partial charge is 0.389 e. The first-order valence-corrected chi connectivity index (χ1v) is 7.91. The summed E-state index contributed by atoms with van der Waals surface area (Å²) in [4.78, 5) is 0. The van der Waals surface area contributed by atoms with Gasteiger partial charge in [0.1, 0.15) is 0 Å². The van der Waals surface area contributed by atoms with Gasteiger partial charge in [-0.15, -0.1) is 11.3 Å². The summed E-state index contributed by atoms with van der Waals surface area (Å²) >= 11 is 5.16. The number of hydrogen-bond acceptors (Lipinski definition) is 3. The van der Waals surface area contributed by atoms with Crippen LogP contribution in [0.4, 0.5) is 0 Å². The molecule has 2 rings (SSSR count). The van der Waals surface area contributed by atoms with E-state index in [2.05, 4.69) is 39.6 Å². The Kier molecular flexibility index (Phi) is 4.64. The second-order valence-electron chi connectivity index (χ2n) is 5.29. The van der Waals surface area contributed by atoms with Gasteiger partial charge < -0.3 is 10.4 Å². The lowest BCUT2D eigenvalue weighted by molar-refractivity contribution is -0.0119. The van der Waals surface area contributed by atoms with E-state index in [1.807, 2.05) is 0 Å². The summed E-state index contributed by atoms with van der Waals surface area (Å²) in [6.07, 6.45) is 4.30. The molecular weight excluding hydrogens is 298 g/mol. The molecule has 1 heterocycles. The summed E-state index contributed by atoms with van der Waals surface area (Å²) in [5.74, 6) is 0.658. The first kappa shape index (κ1) is 13.5. The highest BCUT2D eigenvalue weighted by atomic mass is 79.9. The van der Waals surface area contributed by atoms with Crippen LogP contribution in [0, 0.1) is 5.92 Å². The van der Waals surface area contributed by atoms with Crippen LogP contribution in [-0.4, -0.2) is 17.3 Å². The summed E-state index contributed by atoms with van der Waals surface area (Å²) in [5.41, 5.74) is 0.805. The van der Waals surface area contributed by atoms with E-state index in [0.717, 1.165) is 25.8 Å². The molecule has 2 atom stereocenters. The van der Waals surface area contributed by atoms with Gasteiger partial charge in [0.25, 0.3) is 0 Å². The smallest absolute Gasteiger partial charge is 0.0774 e. The molecule has 1 aliphatic rings. The molecule has 4 heteroatoms. The quantitative estimate of drug-likeness (QED) is 0.890. The van der Waals surface area contributed by atoms with Gasteiger partial charge in [0, 0.05) is 13.1 Å². The maximum atomic E-state index is 10.5. The number of nitrogens with one attached hydrogen (secondary N) is 1. The van der Waals surface area contributed by atoms with E-state index in [4.69, 9.17) is 0 Å². The zero-order valence-corrected chi connectivity index (χ0v) is 12.6. The molecule has 1 aliphatic carbocycles. The van der Waals surface area contributed by atoms with Crippen LogP contribution in [-0.2, 0) is 6.54 Å². The van der Waals surface area contributed by atoms with Crippen LogP contribution in [0.2, 0.25) is 0 Å². The summed E-state index contributed by atoms with van der Waals surface area (Å²) in [5, 5.41) is 16.0. The van der Waals surface area contributed by atoms with Crippen LogP contribution in [0.3, 0.4) is 0 Å². The average Bonchev–Trinajstić information content (AvgIpc) is 2.63. The lowest BCUT2D eigenvalue weighted by Crippen LogP contribution is -2.43. The van der Waals surface area contributed by atoms with Crippen molar-refractivity contribution in [3.05, 3.63) is 20.8 Å². The minimum Gasteiger partial charge on any atom is -0.389 e. The number of aliphatic hydroxyl groups is 1. The second-order valence-corrected chi connectivity index (χ2v) is 7.58. The highest BCUT2D eigenvalue weighted by molar-refractivity contribution is 9.11. The maximum absolute atomic E-state index is 10.5. The molecule has 0 saturated heterocycles. The molecule has 0 aliphatic heterocycles. The first-order chi connectivity index (χ1) is 8.07. The van der Waals surface area contributed by atoms with Gasteiger partial charge in [-0.1, -0.05) is 19.8 Å². The highest BCUT2D eigenvalue weighted by Gasteiger charge is 2.31. The van der Waals surface area contributed by atoms with E-state index < -0.39 is 5.60 Å². The molecule has 0 aromatic carbocycles. The number of thiophene rings is 1. The number of rotatable bonds is 4. The Hall–Kier alpha value is 0.100. The van der Waals surface area contributed by atoms with Crippen LogP contribution in [0.1, 0.15) is 38.2 Å². The second kappa shape index (κ2) is 5.83. The maximum Gasteiger partial charge on any atom is 0.0774 e. The van der Waals surface area contributed by atoms with Crippen molar-refractivity contribution in [2.75, 3.05) is 6.54 Å². The van der Waals surface area contributed by atoms with Gasteiger partial charge in [0.15, 0.2) is 0 Å². The molecule has 0 spiro atoms. The van der Waals surface area contributed by atoms with E-state index in [0.29, 0.717) is 12.5 Å². The fourth-order valence-corrected chi connectivity index (χ4v) is 3.88. The van der Waals surface area contributed by atoms with Gasteiger partial charge in [0.2, 0.25) is 0 Å². The monoisotopic (exact) mass is 317 g/mol. The molecule has 1 saturated carbocycles. The topological polar surface area (TPSA) is 32.3 Å². The fraction of sp³-hybridized carbons (Fsp3) is 0.692. The zero-order valence-electron chi connectivity index (χ0n) is 10.2. The predicted molar refractivity (Wildman–Crippen MR) is 76.3 cm³/mol. The Morgan fingerprint density at radius 1 is 1.65 bits per heavy atom. The van der Waals surface area contributed by atoms with Crippen LogP contribution < -0.4 is 5.32 Å². The molecule has 0 radical (unpaired) electrons. The van der Waals surface area contributed by atoms with Crippen LogP contribution in [0.25, 0.3) is 0 Å². The molecule has 2 nitrogen and oxygen atoms in total. The lowest BCUT2D eigenvalue weighted by atomic mass is 9.79. The van der Waals surface area contributed by atoms with Crippen molar-refractivity contribution in [3.8, 4) is 0 Å². The molecule has 1 aromatic heterocycles. The van der Waals surface area contributed by atoms with Crippen LogP contribution in [0.5, 0.6) is 0 Å². The Balaban J connectivity index is 1.77. The lowest BCUT2D eigenvalue weighted by Gasteiger charge is -2.35. The Morgan fingerprint density at radius 2 is 2.47 bits per heavy atom. The normalized spacial score (nSPS) is 29.5. The fourth-order valence-electron chi connectivity index (χ4n) is 2.67. The molecule has 0 bridgehead atoms. The number of hydrogen-bond donors (Lipinski definition) is 2. The Morgan fingerprint density at radius 3 is 3.12 bits per heavy atom. The highest BCUT2D eigenvalue weighted by Crippen LogP contribution is 2.31. The Labute approximate surface area is 116 Å². The minimum atomic E-state index is -0.481. The van der Waals surface area contributed by atoms with Gasteiger partial charge in [-0.2, -0.15) is 0 Å². The van der Waals surface area contributed by atoms with Gasteiger partial charge in [0.05, 0.1) is 9.39 Å². The summed E-state index contributed by atoms with van der Waals surface area (Å²) in [7, 11) is 0. The van der Waals surface area contributed by atoms with E-state index in [1.54, 1.807) is 11.3 Å². The third-order valence-electron chi connectivity index (χ3n) is 3.47. The molecule has 96 valence electrons. The molecule has 17 heavy (non-hydrogen) atoms. The SMILES string of the molecule is CC1CCCC(O)(CNCc2csc(Br)c2)C1. The predicted octanol–water partition coefficient (Wildman–Crippen LogP) is 3.54. The Bertz CT molecular complexity index is 368. The third-order valence-corrected chi connectivity index (χ3v) is 5.03. The van der Waals surface area contributed by atoms with E-state index >= 15 is 0 Å². The average molecular weight is 318 g/mol. The van der Waals surface area contributed by atoms with Crippen molar-refractivity contribution < 1.29 is 5.11 Å². The van der Waals surface area contributed by atoms with Crippen molar-refractivity contribution in [2.24, 2.45) is 5.92 Å². The van der Waals surface area contributed by atoms with Crippen molar-refractivity contribution in [1.82, 2.24) is 5.32 Å². The van der Waals surface area contributed by atoms with E-state index in [1.165, 1.54) is 15.8 Å². The number of halogens is 1. The summed E-state index contributed by atoms with van der Waals surface area (Å²) < 4.78 is 1.17. The van der Waals surface area contributed by atoms with Gasteiger partial charge in [-0.3, -0.25) is 0 Å². The van der Waals surface area contributed by atoms with Crippen molar-refractivity contribution in [1.29, 1.82) is 0 Å². The molecular formula is C13H20BrNOS. The van der Waals surface area contributed by atoms with Crippen molar-refractivity contribution in [2.45, 2.75) is 44.8 Å². The van der Waals surface area contributed by atoms with E-state index in [9.17, 15) is 5.11 Å². The van der Waals surface area contributed by atoms with Crippen LogP contribution >= 0.6 is 27.3 Å². The minimum absolute atomic E-state index is 0.481. The van der Waals surface area contributed by atoms with Crippen molar-refractivity contribution >= 4 is 27.3 Å². The zero-order chi connectivity index (χ0) is 12.3. The molecule has 2 unspecified atom stereocenters. The first-order valence-electron chi connectivity index (χ1n) is 6.23. The van der Waals surface area contributed by atoms with Crippen LogP contribution in [0.15, 0.2) is 15.2 Å². The molecule has 2 N–H and O–H groups in total. The standard InChI is InChI=1S/C13H20BrNOS/c1-10-3-2-4-13(16,6-10)9-15-7-11-5-12(14)17-8-11/h5,8,10,15-16H,2-4,6-7,9H2,1H3. The van der Waals surface area contributed by atoms with Crippen molar-refractivity contribution in [3.63, 3.8) is 0 Å². The van der Waals surface area contributed by atoms with E-state index in [-0.39, 0.29) is 0 Å². The summed E-state index contributed by atoms with van der Waals surface area (Å²) in [6, 6.07) is 2.13. The molecule has 1 aromatic rings. The molecule has 1 fully saturated rings. The third kappa shape index (κ3) is 4.05.